The van der Waals surface area contributed by atoms with Crippen LogP contribution in [-0.2, 0) is 6.54 Å². The minimum Gasteiger partial charge on any atom is -0.326 e. The van der Waals surface area contributed by atoms with Gasteiger partial charge < -0.3 is 5.73 Å². The molecule has 1 rings (SSSR count). The minimum atomic E-state index is -0.220. The monoisotopic (exact) mass is 287 g/mol. The van der Waals surface area contributed by atoms with E-state index in [9.17, 15) is 4.39 Å². The van der Waals surface area contributed by atoms with Crippen LogP contribution in [0.25, 0.3) is 0 Å². The van der Waals surface area contributed by atoms with Crippen molar-refractivity contribution in [3.63, 3.8) is 0 Å². The highest BCUT2D eigenvalue weighted by Gasteiger charge is 1.98. The molecule has 0 unspecified atom stereocenters. The molecular weight excluding hydrogens is 279 g/mol. The first-order valence-electron chi connectivity index (χ1n) is 2.88. The van der Waals surface area contributed by atoms with Gasteiger partial charge in [0.15, 0.2) is 0 Å². The van der Waals surface area contributed by atoms with Crippen molar-refractivity contribution in [3.05, 3.63) is 33.1 Å². The van der Waals surface area contributed by atoms with E-state index in [2.05, 4.69) is 22.6 Å². The molecule has 11 heavy (non-hydrogen) atoms. The summed E-state index contributed by atoms with van der Waals surface area (Å²) in [4.78, 5) is 0. The molecule has 1 aromatic rings. The third kappa shape index (κ3) is 2.92. The number of hydrogen-bond acceptors (Lipinski definition) is 1. The Morgan fingerprint density at radius 1 is 1.45 bits per heavy atom. The Labute approximate surface area is 84.7 Å². The second-order valence-corrected chi connectivity index (χ2v) is 3.19. The highest BCUT2D eigenvalue weighted by atomic mass is 127. The lowest BCUT2D eigenvalue weighted by Gasteiger charge is -1.98. The molecule has 0 fully saturated rings. The SMILES string of the molecule is Cl.NCc1cc(I)ccc1F. The first-order chi connectivity index (χ1) is 4.74. The lowest BCUT2D eigenvalue weighted by atomic mass is 10.2. The predicted molar refractivity (Wildman–Crippen MR) is 54.3 cm³/mol. The molecule has 0 amide bonds. The summed E-state index contributed by atoms with van der Waals surface area (Å²) in [6.07, 6.45) is 0. The van der Waals surface area contributed by atoms with Crippen molar-refractivity contribution in [2.45, 2.75) is 6.54 Å². The van der Waals surface area contributed by atoms with Crippen LogP contribution in [0.1, 0.15) is 5.56 Å². The molecule has 0 saturated heterocycles. The van der Waals surface area contributed by atoms with Gasteiger partial charge in [-0.3, -0.25) is 0 Å². The van der Waals surface area contributed by atoms with Crippen molar-refractivity contribution in [1.29, 1.82) is 0 Å². The van der Waals surface area contributed by atoms with Crippen LogP contribution in [0.3, 0.4) is 0 Å². The van der Waals surface area contributed by atoms with Crippen LogP contribution < -0.4 is 5.73 Å². The molecule has 0 aliphatic rings. The molecule has 1 aromatic carbocycles. The normalized spacial score (nSPS) is 9.00. The number of hydrogen-bond donors (Lipinski definition) is 1. The second kappa shape index (κ2) is 4.90. The average molecular weight is 288 g/mol. The fourth-order valence-electron chi connectivity index (χ4n) is 0.700. The number of rotatable bonds is 1. The van der Waals surface area contributed by atoms with E-state index in [1.165, 1.54) is 6.07 Å². The molecule has 0 aliphatic carbocycles. The lowest BCUT2D eigenvalue weighted by molar-refractivity contribution is 0.610. The van der Waals surface area contributed by atoms with Gasteiger partial charge in [0.1, 0.15) is 5.82 Å². The Bertz CT molecular complexity index is 242. The number of benzene rings is 1. The Kier molecular flexibility index (Phi) is 4.96. The Balaban J connectivity index is 0.000001000. The number of halogens is 3. The molecule has 0 bridgehead atoms. The second-order valence-electron chi connectivity index (χ2n) is 1.94. The van der Waals surface area contributed by atoms with Crippen molar-refractivity contribution >= 4 is 35.0 Å². The van der Waals surface area contributed by atoms with E-state index in [1.807, 2.05) is 0 Å². The van der Waals surface area contributed by atoms with Gasteiger partial charge in [-0.1, -0.05) is 0 Å². The Hall–Kier alpha value is 0.130. The summed E-state index contributed by atoms with van der Waals surface area (Å²) in [5, 5.41) is 0. The maximum Gasteiger partial charge on any atom is 0.127 e. The first kappa shape index (κ1) is 11.1. The van der Waals surface area contributed by atoms with Gasteiger partial charge in [-0.05, 0) is 40.8 Å². The summed E-state index contributed by atoms with van der Waals surface area (Å²) in [5.41, 5.74) is 5.85. The quantitative estimate of drug-likeness (QED) is 0.788. The van der Waals surface area contributed by atoms with E-state index < -0.39 is 0 Å². The summed E-state index contributed by atoms with van der Waals surface area (Å²) in [7, 11) is 0. The molecule has 0 radical (unpaired) electrons. The van der Waals surface area contributed by atoms with Crippen molar-refractivity contribution in [1.82, 2.24) is 0 Å². The summed E-state index contributed by atoms with van der Waals surface area (Å²) in [6, 6.07) is 4.90. The van der Waals surface area contributed by atoms with Crippen LogP contribution in [0.15, 0.2) is 18.2 Å². The van der Waals surface area contributed by atoms with Gasteiger partial charge in [0.2, 0.25) is 0 Å². The van der Waals surface area contributed by atoms with Crippen LogP contribution in [-0.4, -0.2) is 0 Å². The van der Waals surface area contributed by atoms with E-state index >= 15 is 0 Å². The highest BCUT2D eigenvalue weighted by Crippen LogP contribution is 2.11. The first-order valence-corrected chi connectivity index (χ1v) is 3.96. The maximum absolute atomic E-state index is 12.7. The number of nitrogens with two attached hydrogens (primary N) is 1. The van der Waals surface area contributed by atoms with Crippen LogP contribution in [0.4, 0.5) is 4.39 Å². The molecule has 4 heteroatoms. The van der Waals surface area contributed by atoms with Gasteiger partial charge in [-0.25, -0.2) is 4.39 Å². The standard InChI is InChI=1S/C7H7FIN.ClH/c8-7-2-1-6(9)3-5(7)4-10;/h1-3H,4,10H2;1H. The fourth-order valence-corrected chi connectivity index (χ4v) is 1.26. The predicted octanol–water partition coefficient (Wildman–Crippen LogP) is 2.31. The summed E-state index contributed by atoms with van der Waals surface area (Å²) in [6.45, 7) is 0.267. The molecule has 2 N–H and O–H groups in total. The summed E-state index contributed by atoms with van der Waals surface area (Å²) in [5.74, 6) is -0.220. The zero-order valence-electron chi connectivity index (χ0n) is 5.68. The molecule has 0 saturated carbocycles. The van der Waals surface area contributed by atoms with E-state index in [4.69, 9.17) is 5.73 Å². The fraction of sp³-hybridized carbons (Fsp3) is 0.143. The molecule has 0 heterocycles. The van der Waals surface area contributed by atoms with Crippen LogP contribution in [0.5, 0.6) is 0 Å². The molecule has 0 atom stereocenters. The summed E-state index contributed by atoms with van der Waals surface area (Å²) < 4.78 is 13.7. The van der Waals surface area contributed by atoms with Gasteiger partial charge in [0.25, 0.3) is 0 Å². The Morgan fingerprint density at radius 2 is 2.09 bits per heavy atom. The average Bonchev–Trinajstić information content (AvgIpc) is 1.94. The third-order valence-corrected chi connectivity index (χ3v) is 1.90. The molecule has 62 valence electrons. The van der Waals surface area contributed by atoms with Crippen molar-refractivity contribution in [2.24, 2.45) is 5.73 Å². The molecule has 0 aliphatic heterocycles. The van der Waals surface area contributed by atoms with Gasteiger partial charge in [0, 0.05) is 15.7 Å². The van der Waals surface area contributed by atoms with Gasteiger partial charge in [-0.2, -0.15) is 0 Å². The smallest absolute Gasteiger partial charge is 0.127 e. The molecular formula is C7H8ClFIN. The van der Waals surface area contributed by atoms with Crippen LogP contribution in [0, 0.1) is 9.39 Å². The maximum atomic E-state index is 12.7. The van der Waals surface area contributed by atoms with Crippen molar-refractivity contribution in [2.75, 3.05) is 0 Å². The molecule has 1 nitrogen and oxygen atoms in total. The van der Waals surface area contributed by atoms with Crippen LogP contribution >= 0.6 is 35.0 Å². The van der Waals surface area contributed by atoms with E-state index in [0.717, 1.165) is 3.57 Å². The van der Waals surface area contributed by atoms with E-state index in [-0.39, 0.29) is 24.8 Å². The van der Waals surface area contributed by atoms with Gasteiger partial charge in [0.05, 0.1) is 0 Å². The molecule has 0 aromatic heterocycles. The topological polar surface area (TPSA) is 26.0 Å². The van der Waals surface area contributed by atoms with Gasteiger partial charge >= 0.3 is 0 Å². The third-order valence-electron chi connectivity index (χ3n) is 1.23. The van der Waals surface area contributed by atoms with Crippen LogP contribution in [0.2, 0.25) is 0 Å². The van der Waals surface area contributed by atoms with Crippen molar-refractivity contribution in [3.8, 4) is 0 Å². The highest BCUT2D eigenvalue weighted by molar-refractivity contribution is 14.1. The van der Waals surface area contributed by atoms with Crippen molar-refractivity contribution < 1.29 is 4.39 Å². The molecule has 0 spiro atoms. The van der Waals surface area contributed by atoms with Gasteiger partial charge in [-0.15, -0.1) is 12.4 Å². The summed E-state index contributed by atoms with van der Waals surface area (Å²) >= 11 is 2.12. The lowest BCUT2D eigenvalue weighted by Crippen LogP contribution is -1.99. The van der Waals surface area contributed by atoms with E-state index in [0.29, 0.717) is 5.56 Å². The largest absolute Gasteiger partial charge is 0.326 e. The zero-order valence-corrected chi connectivity index (χ0v) is 8.65. The zero-order chi connectivity index (χ0) is 7.56. The Morgan fingerprint density at radius 3 is 2.55 bits per heavy atom. The van der Waals surface area contributed by atoms with E-state index in [1.54, 1.807) is 12.1 Å². The minimum absolute atomic E-state index is 0.